The maximum atomic E-state index is 12.9. The summed E-state index contributed by atoms with van der Waals surface area (Å²) in [5, 5.41) is 24.5. The van der Waals surface area contributed by atoms with E-state index in [1.165, 1.54) is 0 Å². The van der Waals surface area contributed by atoms with Gasteiger partial charge in [0.05, 0.1) is 18.3 Å². The van der Waals surface area contributed by atoms with Crippen LogP contribution in [0.25, 0.3) is 0 Å². The van der Waals surface area contributed by atoms with Crippen LogP contribution >= 0.6 is 0 Å². The van der Waals surface area contributed by atoms with Crippen LogP contribution in [-0.2, 0) is 14.3 Å². The SMILES string of the molecule is C=C[C@@H]1[C@H](C(C)C)C(=O)C[C@H](C)[C@@]1(O)[C@H]1C[C@H]2COC(C)(C)O[C@H]2[C@]1(O)CC(=C)C. The lowest BCUT2D eigenvalue weighted by Gasteiger charge is -2.55. The van der Waals surface area contributed by atoms with Gasteiger partial charge in [0, 0.05) is 30.1 Å². The van der Waals surface area contributed by atoms with Crippen LogP contribution in [0, 0.1) is 35.5 Å². The van der Waals surface area contributed by atoms with Gasteiger partial charge in [-0.15, -0.1) is 13.2 Å². The Kier molecular flexibility index (Phi) is 6.18. The smallest absolute Gasteiger partial charge is 0.163 e. The van der Waals surface area contributed by atoms with Gasteiger partial charge in [-0.25, -0.2) is 0 Å². The van der Waals surface area contributed by atoms with E-state index in [4.69, 9.17) is 9.47 Å². The first-order valence-corrected chi connectivity index (χ1v) is 11.3. The first-order valence-electron chi connectivity index (χ1n) is 11.3. The van der Waals surface area contributed by atoms with Gasteiger partial charge in [-0.1, -0.05) is 32.4 Å². The molecule has 30 heavy (non-hydrogen) atoms. The normalized spacial score (nSPS) is 46.0. The highest BCUT2D eigenvalue weighted by molar-refractivity contribution is 5.83. The van der Waals surface area contributed by atoms with Crippen molar-refractivity contribution in [1.82, 2.24) is 0 Å². The fourth-order valence-electron chi connectivity index (χ4n) is 6.65. The fraction of sp³-hybridized carbons (Fsp3) is 0.800. The Hall–Kier alpha value is -1.01. The van der Waals surface area contributed by atoms with Gasteiger partial charge < -0.3 is 19.7 Å². The maximum Gasteiger partial charge on any atom is 0.163 e. The number of ether oxygens (including phenoxy) is 2. The van der Waals surface area contributed by atoms with E-state index in [-0.39, 0.29) is 29.5 Å². The molecule has 1 saturated heterocycles. The number of carbonyl (C=O) groups is 1. The molecule has 0 aromatic heterocycles. The van der Waals surface area contributed by atoms with Crippen molar-refractivity contribution >= 4 is 5.78 Å². The van der Waals surface area contributed by atoms with Crippen molar-refractivity contribution in [1.29, 1.82) is 0 Å². The van der Waals surface area contributed by atoms with E-state index in [0.717, 1.165) is 5.57 Å². The molecule has 0 aromatic carbocycles. The van der Waals surface area contributed by atoms with Crippen molar-refractivity contribution in [2.24, 2.45) is 35.5 Å². The number of ketones is 1. The third kappa shape index (κ3) is 3.62. The first-order chi connectivity index (χ1) is 13.8. The number of hydrogen-bond acceptors (Lipinski definition) is 5. The van der Waals surface area contributed by atoms with E-state index < -0.39 is 34.9 Å². The third-order valence-corrected chi connectivity index (χ3v) is 7.82. The van der Waals surface area contributed by atoms with Crippen molar-refractivity contribution in [2.75, 3.05) is 6.61 Å². The molecular formula is C25H40O5. The summed E-state index contributed by atoms with van der Waals surface area (Å²) in [5.41, 5.74) is -1.71. The molecular weight excluding hydrogens is 380 g/mol. The number of Topliss-reactive ketones (excluding diaryl/α,β-unsaturated/α-hetero) is 1. The van der Waals surface area contributed by atoms with E-state index in [1.807, 2.05) is 41.5 Å². The molecule has 5 heteroatoms. The average Bonchev–Trinajstić information content (AvgIpc) is 2.88. The Balaban J connectivity index is 2.11. The summed E-state index contributed by atoms with van der Waals surface area (Å²) in [6.45, 7) is 20.1. The third-order valence-electron chi connectivity index (χ3n) is 7.82. The molecule has 8 atom stereocenters. The lowest BCUT2D eigenvalue weighted by molar-refractivity contribution is -0.316. The molecule has 170 valence electrons. The first kappa shape index (κ1) is 23.6. The van der Waals surface area contributed by atoms with Gasteiger partial charge in [-0.3, -0.25) is 4.79 Å². The molecule has 1 heterocycles. The molecule has 0 unspecified atom stereocenters. The molecule has 2 saturated carbocycles. The summed E-state index contributed by atoms with van der Waals surface area (Å²) in [7, 11) is 0. The lowest BCUT2D eigenvalue weighted by Crippen LogP contribution is -2.64. The molecule has 3 aliphatic rings. The molecule has 3 fully saturated rings. The fourth-order valence-corrected chi connectivity index (χ4v) is 6.65. The zero-order valence-electron chi connectivity index (χ0n) is 19.5. The minimum atomic E-state index is -1.29. The lowest BCUT2D eigenvalue weighted by atomic mass is 9.54. The summed E-state index contributed by atoms with van der Waals surface area (Å²) in [6.07, 6.45) is 2.51. The molecule has 5 nitrogen and oxygen atoms in total. The van der Waals surface area contributed by atoms with E-state index in [9.17, 15) is 15.0 Å². The van der Waals surface area contributed by atoms with Crippen LogP contribution in [0.15, 0.2) is 24.8 Å². The monoisotopic (exact) mass is 420 g/mol. The van der Waals surface area contributed by atoms with Crippen LogP contribution in [0.2, 0.25) is 0 Å². The minimum Gasteiger partial charge on any atom is -0.389 e. The van der Waals surface area contributed by atoms with Crippen molar-refractivity contribution in [2.45, 2.75) is 83.9 Å². The highest BCUT2D eigenvalue weighted by atomic mass is 16.7. The molecule has 1 aliphatic heterocycles. The van der Waals surface area contributed by atoms with Crippen LogP contribution in [0.1, 0.15) is 60.8 Å². The van der Waals surface area contributed by atoms with Gasteiger partial charge >= 0.3 is 0 Å². The predicted octanol–water partition coefficient (Wildman–Crippen LogP) is 3.89. The summed E-state index contributed by atoms with van der Waals surface area (Å²) >= 11 is 0. The number of rotatable bonds is 5. The molecule has 2 aliphatic carbocycles. The van der Waals surface area contributed by atoms with Crippen LogP contribution in [-0.4, -0.2) is 45.7 Å². The standard InChI is InChI=1S/C25H40O5/c1-9-18-21(15(4)5)19(26)10-16(6)25(18,28)20-11-17-13-29-23(7,8)30-22(17)24(20,27)12-14(2)3/h9,15-18,20-22,27-28H,1-2,10-13H2,3-8H3/t16-,17-,18+,20-,21-,22+,24-,25-/m0/s1. The van der Waals surface area contributed by atoms with E-state index >= 15 is 0 Å². The Morgan fingerprint density at radius 2 is 1.97 bits per heavy atom. The van der Waals surface area contributed by atoms with Crippen LogP contribution in [0.4, 0.5) is 0 Å². The van der Waals surface area contributed by atoms with Gasteiger partial charge in [-0.05, 0) is 45.4 Å². The van der Waals surface area contributed by atoms with Crippen molar-refractivity contribution < 1.29 is 24.5 Å². The van der Waals surface area contributed by atoms with E-state index in [2.05, 4.69) is 13.2 Å². The average molecular weight is 421 g/mol. The molecule has 0 bridgehead atoms. The summed E-state index contributed by atoms with van der Waals surface area (Å²) in [6, 6.07) is 0. The molecule has 0 amide bonds. The van der Waals surface area contributed by atoms with Crippen molar-refractivity contribution in [3.8, 4) is 0 Å². The van der Waals surface area contributed by atoms with E-state index in [1.54, 1.807) is 6.08 Å². The second-order valence-corrected chi connectivity index (χ2v) is 10.9. The topological polar surface area (TPSA) is 76.0 Å². The zero-order valence-corrected chi connectivity index (χ0v) is 19.5. The van der Waals surface area contributed by atoms with Gasteiger partial charge in [0.2, 0.25) is 0 Å². The summed E-state index contributed by atoms with van der Waals surface area (Å²) < 4.78 is 12.2. The van der Waals surface area contributed by atoms with Crippen molar-refractivity contribution in [3.63, 3.8) is 0 Å². The van der Waals surface area contributed by atoms with Gasteiger partial charge in [-0.2, -0.15) is 0 Å². The van der Waals surface area contributed by atoms with Crippen molar-refractivity contribution in [3.05, 3.63) is 24.8 Å². The second kappa shape index (κ2) is 7.84. The van der Waals surface area contributed by atoms with Crippen LogP contribution in [0.5, 0.6) is 0 Å². The highest BCUT2D eigenvalue weighted by Gasteiger charge is 2.67. The van der Waals surface area contributed by atoms with Crippen LogP contribution in [0.3, 0.4) is 0 Å². The quantitative estimate of drug-likeness (QED) is 0.660. The Morgan fingerprint density at radius 1 is 1.33 bits per heavy atom. The predicted molar refractivity (Wildman–Crippen MR) is 117 cm³/mol. The number of hydrogen-bond donors (Lipinski definition) is 2. The summed E-state index contributed by atoms with van der Waals surface area (Å²) in [4.78, 5) is 12.9. The largest absolute Gasteiger partial charge is 0.389 e. The zero-order chi connectivity index (χ0) is 22.6. The van der Waals surface area contributed by atoms with Gasteiger partial charge in [0.25, 0.3) is 0 Å². The van der Waals surface area contributed by atoms with Gasteiger partial charge in [0.1, 0.15) is 11.4 Å². The molecule has 0 aromatic rings. The molecule has 0 spiro atoms. The number of fused-ring (bicyclic) bond motifs is 1. The molecule has 3 rings (SSSR count). The Bertz CT molecular complexity index is 712. The van der Waals surface area contributed by atoms with Crippen LogP contribution < -0.4 is 0 Å². The highest BCUT2D eigenvalue weighted by Crippen LogP contribution is 2.59. The Morgan fingerprint density at radius 3 is 2.50 bits per heavy atom. The van der Waals surface area contributed by atoms with Gasteiger partial charge in [0.15, 0.2) is 5.79 Å². The minimum absolute atomic E-state index is 0.0239. The molecule has 0 radical (unpaired) electrons. The molecule has 2 N–H and O–H groups in total. The Labute approximate surface area is 181 Å². The van der Waals surface area contributed by atoms with E-state index in [0.29, 0.717) is 25.9 Å². The number of carbonyl (C=O) groups excluding carboxylic acids is 1. The summed E-state index contributed by atoms with van der Waals surface area (Å²) in [5.74, 6) is -2.07. The second-order valence-electron chi connectivity index (χ2n) is 10.9. The number of aliphatic hydroxyl groups is 2. The maximum absolute atomic E-state index is 12.9.